The van der Waals surface area contributed by atoms with Crippen LogP contribution in [0.4, 0.5) is 5.95 Å². The number of para-hydroxylation sites is 1. The summed E-state index contributed by atoms with van der Waals surface area (Å²) in [5.74, 6) is 2.55. The van der Waals surface area contributed by atoms with Crippen LogP contribution in [0.25, 0.3) is 17.2 Å². The Labute approximate surface area is 228 Å². The van der Waals surface area contributed by atoms with Gasteiger partial charge < -0.3 is 23.3 Å². The summed E-state index contributed by atoms with van der Waals surface area (Å²) < 4.78 is 40.6. The van der Waals surface area contributed by atoms with Gasteiger partial charge in [-0.2, -0.15) is 4.72 Å². The zero-order valence-electron chi connectivity index (χ0n) is 21.8. The molecule has 0 spiro atoms. The molecule has 0 saturated carbocycles. The van der Waals surface area contributed by atoms with E-state index in [1.165, 1.54) is 19.5 Å². The Balaban J connectivity index is 1.80. The van der Waals surface area contributed by atoms with Gasteiger partial charge in [0.1, 0.15) is 22.9 Å². The fourth-order valence-corrected chi connectivity index (χ4v) is 5.00. The lowest BCUT2D eigenvalue weighted by Crippen LogP contribution is -2.33. The zero-order chi connectivity index (χ0) is 27.4. The van der Waals surface area contributed by atoms with Crippen LogP contribution in [0.3, 0.4) is 0 Å². The minimum atomic E-state index is -1.73. The van der Waals surface area contributed by atoms with Crippen molar-refractivity contribution in [2.24, 2.45) is 0 Å². The molecule has 3 unspecified atom stereocenters. The Morgan fingerprint density at radius 3 is 2.34 bits per heavy atom. The molecule has 4 aromatic rings. The first-order chi connectivity index (χ1) is 18.3. The highest BCUT2D eigenvalue weighted by Gasteiger charge is 2.35. The summed E-state index contributed by atoms with van der Waals surface area (Å²) in [6, 6.07) is 5.35. The summed E-state index contributed by atoms with van der Waals surface area (Å²) in [4.78, 5) is 8.44. The summed E-state index contributed by atoms with van der Waals surface area (Å²) in [5.41, 5.74) is 1.79. The molecule has 3 aromatic heterocycles. The monoisotopic (exact) mass is 561 g/mol. The van der Waals surface area contributed by atoms with Gasteiger partial charge in [0.25, 0.3) is 5.95 Å². The molecule has 202 valence electrons. The average Bonchev–Trinajstić information content (AvgIpc) is 3.51. The van der Waals surface area contributed by atoms with E-state index >= 15 is 0 Å². The lowest BCUT2D eigenvalue weighted by molar-refractivity contribution is 0.0950. The number of aryl methyl sites for hydroxylation is 1. The van der Waals surface area contributed by atoms with Gasteiger partial charge in [-0.15, -0.1) is 10.2 Å². The second kappa shape index (κ2) is 12.0. The van der Waals surface area contributed by atoms with E-state index in [0.717, 1.165) is 11.3 Å². The van der Waals surface area contributed by atoms with Crippen LogP contribution in [0.15, 0.2) is 35.1 Å². The highest BCUT2D eigenvalue weighted by molar-refractivity contribution is 7.93. The second-order valence-corrected chi connectivity index (χ2v) is 10.1. The molecular weight excluding hydrogens is 534 g/mol. The summed E-state index contributed by atoms with van der Waals surface area (Å²) in [6.45, 7) is 5.61. The van der Waals surface area contributed by atoms with Crippen LogP contribution >= 0.6 is 11.6 Å². The van der Waals surface area contributed by atoms with Crippen LogP contribution in [-0.4, -0.2) is 61.0 Å². The molecule has 0 bridgehead atoms. The van der Waals surface area contributed by atoms with Crippen molar-refractivity contribution in [1.29, 1.82) is 0 Å². The smallest absolute Gasteiger partial charge is 0.271 e. The molecular formula is C24H28ClN7O5S. The zero-order valence-corrected chi connectivity index (χ0v) is 23.3. The maximum Gasteiger partial charge on any atom is 0.271 e. The number of hydrogen-bond donors (Lipinski definition) is 1. The summed E-state index contributed by atoms with van der Waals surface area (Å²) in [6.07, 6.45) is 2.88. The molecule has 0 amide bonds. The first-order valence-corrected chi connectivity index (χ1v) is 13.2. The molecule has 0 aliphatic rings. The molecule has 0 aliphatic carbocycles. The number of halogens is 1. The first kappa shape index (κ1) is 27.6. The molecule has 0 radical (unpaired) electrons. The number of nitrogens with one attached hydrogen (secondary N) is 1. The fraction of sp³-hybridized carbons (Fsp3) is 0.375. The number of benzene rings is 1. The lowest BCUT2D eigenvalue weighted by Gasteiger charge is -2.24. The van der Waals surface area contributed by atoms with E-state index in [9.17, 15) is 4.55 Å². The Kier molecular flexibility index (Phi) is 8.72. The van der Waals surface area contributed by atoms with E-state index in [4.69, 9.17) is 30.3 Å². The number of methoxy groups -OCH3 is 3. The van der Waals surface area contributed by atoms with Crippen molar-refractivity contribution in [3.05, 3.63) is 52.8 Å². The predicted molar refractivity (Wildman–Crippen MR) is 142 cm³/mol. The summed E-state index contributed by atoms with van der Waals surface area (Å²) in [7, 11) is 4.58. The second-order valence-electron chi connectivity index (χ2n) is 8.15. The number of rotatable bonds is 11. The summed E-state index contributed by atoms with van der Waals surface area (Å²) >= 11 is 4.19. The van der Waals surface area contributed by atoms with Crippen molar-refractivity contribution in [3.63, 3.8) is 0 Å². The van der Waals surface area contributed by atoms with Crippen LogP contribution in [0.2, 0.25) is 5.02 Å². The Morgan fingerprint density at radius 1 is 1.13 bits per heavy atom. The van der Waals surface area contributed by atoms with Gasteiger partial charge in [0.2, 0.25) is 0 Å². The number of nitrogens with zero attached hydrogens (tertiary/aromatic N) is 6. The van der Waals surface area contributed by atoms with Crippen molar-refractivity contribution in [1.82, 2.24) is 29.9 Å². The van der Waals surface area contributed by atoms with Crippen molar-refractivity contribution in [2.45, 2.75) is 38.5 Å². The Bertz CT molecular complexity index is 1360. The van der Waals surface area contributed by atoms with E-state index in [1.807, 2.05) is 13.8 Å². The molecule has 4 rings (SSSR count). The SMILES string of the molecule is CCc1onc(-c2nnc(N[S+]([O-])C(C)C(OC)c3ncc(Cl)cn3)n2-c2c(OC)cccc2OC)c1C. The molecule has 38 heavy (non-hydrogen) atoms. The summed E-state index contributed by atoms with van der Waals surface area (Å²) in [5, 5.41) is 12.7. The van der Waals surface area contributed by atoms with Crippen LogP contribution in [-0.2, 0) is 22.5 Å². The van der Waals surface area contributed by atoms with Gasteiger partial charge in [-0.25, -0.2) is 14.5 Å². The maximum atomic E-state index is 13.6. The predicted octanol–water partition coefficient (Wildman–Crippen LogP) is 4.11. The minimum absolute atomic E-state index is 0.167. The van der Waals surface area contributed by atoms with Crippen molar-refractivity contribution in [2.75, 3.05) is 26.1 Å². The van der Waals surface area contributed by atoms with Gasteiger partial charge in [0, 0.05) is 31.5 Å². The van der Waals surface area contributed by atoms with Crippen LogP contribution < -0.4 is 14.2 Å². The fourth-order valence-electron chi connectivity index (χ4n) is 3.95. The molecule has 3 heterocycles. The number of ether oxygens (including phenoxy) is 3. The third-order valence-electron chi connectivity index (χ3n) is 5.95. The molecule has 3 atom stereocenters. The number of aromatic nitrogens is 6. The Hall–Kier alpha value is -3.39. The maximum absolute atomic E-state index is 13.6. The normalized spacial score (nSPS) is 13.7. The van der Waals surface area contributed by atoms with Crippen LogP contribution in [0.5, 0.6) is 11.5 Å². The highest BCUT2D eigenvalue weighted by atomic mass is 35.5. The van der Waals surface area contributed by atoms with Crippen LogP contribution in [0.1, 0.15) is 37.1 Å². The third-order valence-corrected chi connectivity index (χ3v) is 7.45. The standard InChI is InChI=1S/C24H28ClN7O5S/c1-7-16-13(2)19(30-37-16)23-28-29-24(32(23)20-17(34-4)9-8-10-18(20)35-5)31-38(33)14(3)21(36-6)22-26-11-15(25)12-27-22/h8-12,14,21H,7H2,1-6H3,(H,29,31). The van der Waals surface area contributed by atoms with Gasteiger partial charge in [-0.1, -0.05) is 29.7 Å². The molecule has 1 N–H and O–H groups in total. The molecule has 0 fully saturated rings. The minimum Gasteiger partial charge on any atom is -0.593 e. The van der Waals surface area contributed by atoms with Gasteiger partial charge in [-0.05, 0) is 26.0 Å². The van der Waals surface area contributed by atoms with E-state index in [-0.39, 0.29) is 5.95 Å². The van der Waals surface area contributed by atoms with Crippen molar-refractivity contribution < 1.29 is 23.3 Å². The average molecular weight is 562 g/mol. The van der Waals surface area contributed by atoms with Gasteiger partial charge in [0.05, 0.1) is 30.6 Å². The molecule has 14 heteroatoms. The largest absolute Gasteiger partial charge is 0.593 e. The van der Waals surface area contributed by atoms with Gasteiger partial charge in [-0.3, -0.25) is 0 Å². The molecule has 0 aliphatic heterocycles. The molecule has 12 nitrogen and oxygen atoms in total. The van der Waals surface area contributed by atoms with Crippen molar-refractivity contribution >= 4 is 28.9 Å². The lowest BCUT2D eigenvalue weighted by atomic mass is 10.1. The highest BCUT2D eigenvalue weighted by Crippen LogP contribution is 2.38. The quantitative estimate of drug-likeness (QED) is 0.264. The molecule has 1 aromatic carbocycles. The van der Waals surface area contributed by atoms with Gasteiger partial charge >= 0.3 is 0 Å². The molecule has 0 saturated heterocycles. The number of hydrogen-bond acceptors (Lipinski definition) is 11. The Morgan fingerprint density at radius 2 is 1.79 bits per heavy atom. The van der Waals surface area contributed by atoms with E-state index in [1.54, 1.807) is 43.9 Å². The topological polar surface area (TPSA) is 145 Å². The van der Waals surface area contributed by atoms with Crippen molar-refractivity contribution in [3.8, 4) is 28.7 Å². The van der Waals surface area contributed by atoms with E-state index < -0.39 is 22.7 Å². The number of anilines is 1. The van der Waals surface area contributed by atoms with Gasteiger partial charge in [0.15, 0.2) is 28.7 Å². The van der Waals surface area contributed by atoms with E-state index in [2.05, 4.69) is 30.0 Å². The van der Waals surface area contributed by atoms with Crippen LogP contribution in [0, 0.1) is 6.92 Å². The first-order valence-electron chi connectivity index (χ1n) is 11.6. The third kappa shape index (κ3) is 5.27. The van der Waals surface area contributed by atoms with E-state index in [0.29, 0.717) is 46.0 Å².